The number of ether oxygens (including phenoxy) is 1. The molecule has 1 rings (SSSR count). The predicted molar refractivity (Wildman–Crippen MR) is 83.0 cm³/mol. The van der Waals surface area contributed by atoms with E-state index in [-0.39, 0.29) is 11.8 Å². The minimum atomic E-state index is -0.560. The summed E-state index contributed by atoms with van der Waals surface area (Å²) in [7, 11) is 0. The zero-order valence-electron chi connectivity index (χ0n) is 14.2. The quantitative estimate of drug-likeness (QED) is 0.871. The highest BCUT2D eigenvalue weighted by Crippen LogP contribution is 2.18. The Morgan fingerprint density at radius 1 is 1.19 bits per heavy atom. The maximum atomic E-state index is 12.6. The molecule has 0 aromatic carbocycles. The van der Waals surface area contributed by atoms with Crippen LogP contribution in [-0.4, -0.2) is 41.6 Å². The van der Waals surface area contributed by atoms with Crippen molar-refractivity contribution in [2.45, 2.75) is 66.0 Å². The van der Waals surface area contributed by atoms with E-state index in [1.807, 2.05) is 39.5 Å². The predicted octanol–water partition coefficient (Wildman–Crippen LogP) is 2.79. The van der Waals surface area contributed by atoms with Gasteiger partial charge in [-0.2, -0.15) is 0 Å². The molecule has 122 valence electrons. The molecule has 0 spiro atoms. The van der Waals surface area contributed by atoms with Crippen LogP contribution < -0.4 is 5.32 Å². The van der Waals surface area contributed by atoms with Gasteiger partial charge in [0.1, 0.15) is 11.6 Å². The minimum absolute atomic E-state index is 0.00255. The van der Waals surface area contributed by atoms with E-state index in [4.69, 9.17) is 4.74 Å². The van der Waals surface area contributed by atoms with Crippen LogP contribution in [0.1, 0.15) is 54.4 Å². The molecule has 0 aliphatic carbocycles. The number of hydrogen-bond donors (Lipinski definition) is 1. The number of nitrogens with zero attached hydrogens (tertiary/aromatic N) is 1. The SMILES string of the molecule is CC1CCN(C(=O)C(NC(=O)OC(C)(C)C)C(C)C)CC1. The van der Waals surface area contributed by atoms with Gasteiger partial charge in [0.05, 0.1) is 0 Å². The molecule has 1 saturated heterocycles. The molecular formula is C16H30N2O3. The molecule has 1 aliphatic rings. The first-order valence-electron chi connectivity index (χ1n) is 7.88. The molecule has 1 fully saturated rings. The lowest BCUT2D eigenvalue weighted by Gasteiger charge is -2.34. The molecule has 1 aliphatic heterocycles. The summed E-state index contributed by atoms with van der Waals surface area (Å²) in [6.45, 7) is 13.1. The Labute approximate surface area is 128 Å². The maximum Gasteiger partial charge on any atom is 0.408 e. The summed E-state index contributed by atoms with van der Waals surface area (Å²) in [6, 6.07) is -0.520. The fourth-order valence-electron chi connectivity index (χ4n) is 2.37. The fraction of sp³-hybridized carbons (Fsp3) is 0.875. The van der Waals surface area contributed by atoms with Gasteiger partial charge >= 0.3 is 6.09 Å². The van der Waals surface area contributed by atoms with Crippen LogP contribution >= 0.6 is 0 Å². The molecule has 0 bridgehead atoms. The highest BCUT2D eigenvalue weighted by molar-refractivity contribution is 5.86. The van der Waals surface area contributed by atoms with Gasteiger partial charge < -0.3 is 15.0 Å². The van der Waals surface area contributed by atoms with Crippen LogP contribution in [0, 0.1) is 11.8 Å². The van der Waals surface area contributed by atoms with Crippen LogP contribution in [0.25, 0.3) is 0 Å². The Balaban J connectivity index is 2.64. The second-order valence-corrected chi connectivity index (χ2v) is 7.38. The Morgan fingerprint density at radius 2 is 1.71 bits per heavy atom. The third-order valence-corrected chi connectivity index (χ3v) is 3.70. The first-order chi connectivity index (χ1) is 9.60. The van der Waals surface area contributed by atoms with Crippen molar-refractivity contribution in [3.8, 4) is 0 Å². The summed E-state index contributed by atoms with van der Waals surface area (Å²) in [5.41, 5.74) is -0.560. The van der Waals surface area contributed by atoms with Gasteiger partial charge in [-0.3, -0.25) is 4.79 Å². The number of hydrogen-bond acceptors (Lipinski definition) is 3. The highest BCUT2D eigenvalue weighted by atomic mass is 16.6. The maximum absolute atomic E-state index is 12.6. The number of carbonyl (C=O) groups is 2. The van der Waals surface area contributed by atoms with Crippen molar-refractivity contribution < 1.29 is 14.3 Å². The van der Waals surface area contributed by atoms with Gasteiger partial charge in [0.2, 0.25) is 5.91 Å². The summed E-state index contributed by atoms with van der Waals surface area (Å²) >= 11 is 0. The Hall–Kier alpha value is -1.26. The Bertz CT molecular complexity index is 366. The largest absolute Gasteiger partial charge is 0.444 e. The van der Waals surface area contributed by atoms with E-state index in [0.29, 0.717) is 5.92 Å². The lowest BCUT2D eigenvalue weighted by molar-refractivity contribution is -0.135. The Kier molecular flexibility index (Phi) is 6.05. The average Bonchev–Trinajstić information content (AvgIpc) is 2.33. The van der Waals surface area contributed by atoms with Crippen molar-refractivity contribution in [1.29, 1.82) is 0 Å². The van der Waals surface area contributed by atoms with E-state index in [0.717, 1.165) is 25.9 Å². The fourth-order valence-corrected chi connectivity index (χ4v) is 2.37. The van der Waals surface area contributed by atoms with Crippen molar-refractivity contribution in [1.82, 2.24) is 10.2 Å². The second-order valence-electron chi connectivity index (χ2n) is 7.38. The number of rotatable bonds is 3. The summed E-state index contributed by atoms with van der Waals surface area (Å²) in [4.78, 5) is 26.4. The molecule has 1 N–H and O–H groups in total. The lowest BCUT2D eigenvalue weighted by atomic mass is 9.97. The molecule has 5 nitrogen and oxygen atoms in total. The van der Waals surface area contributed by atoms with Gasteiger partial charge in [-0.15, -0.1) is 0 Å². The summed E-state index contributed by atoms with van der Waals surface area (Å²) in [5.74, 6) is 0.706. The van der Waals surface area contributed by atoms with Crippen LogP contribution in [0.2, 0.25) is 0 Å². The van der Waals surface area contributed by atoms with Crippen LogP contribution in [0.3, 0.4) is 0 Å². The number of amides is 2. The molecule has 5 heteroatoms. The van der Waals surface area contributed by atoms with Crippen LogP contribution in [0.4, 0.5) is 4.79 Å². The van der Waals surface area contributed by atoms with Crippen LogP contribution in [-0.2, 0) is 9.53 Å². The normalized spacial score (nSPS) is 18.5. The molecule has 2 amide bonds. The zero-order chi connectivity index (χ0) is 16.2. The number of piperidine rings is 1. The molecule has 0 aromatic rings. The van der Waals surface area contributed by atoms with Crippen LogP contribution in [0.5, 0.6) is 0 Å². The van der Waals surface area contributed by atoms with Crippen molar-refractivity contribution in [2.75, 3.05) is 13.1 Å². The first-order valence-corrected chi connectivity index (χ1v) is 7.88. The van der Waals surface area contributed by atoms with Crippen LogP contribution in [0.15, 0.2) is 0 Å². The summed E-state index contributed by atoms with van der Waals surface area (Å²) < 4.78 is 5.25. The van der Waals surface area contributed by atoms with Gasteiger partial charge in [0.25, 0.3) is 0 Å². The zero-order valence-corrected chi connectivity index (χ0v) is 14.2. The van der Waals surface area contributed by atoms with E-state index in [9.17, 15) is 9.59 Å². The minimum Gasteiger partial charge on any atom is -0.444 e. The van der Waals surface area contributed by atoms with Gasteiger partial charge in [-0.1, -0.05) is 20.8 Å². The number of likely N-dealkylation sites (tertiary alicyclic amines) is 1. The Morgan fingerprint density at radius 3 is 2.14 bits per heavy atom. The van der Waals surface area contributed by atoms with Crippen molar-refractivity contribution >= 4 is 12.0 Å². The lowest BCUT2D eigenvalue weighted by Crippen LogP contribution is -2.53. The van der Waals surface area contributed by atoms with Gasteiger partial charge in [0.15, 0.2) is 0 Å². The summed E-state index contributed by atoms with van der Waals surface area (Å²) in [6.07, 6.45) is 1.53. The molecule has 0 radical (unpaired) electrons. The summed E-state index contributed by atoms with van der Waals surface area (Å²) in [5, 5.41) is 2.73. The number of alkyl carbamates (subject to hydrolysis) is 1. The van der Waals surface area contributed by atoms with Gasteiger partial charge in [-0.05, 0) is 45.4 Å². The molecular weight excluding hydrogens is 268 g/mol. The van der Waals surface area contributed by atoms with E-state index < -0.39 is 17.7 Å². The standard InChI is InChI=1S/C16H30N2O3/c1-11(2)13(17-15(20)21-16(4,5)6)14(19)18-9-7-12(3)8-10-18/h11-13H,7-10H2,1-6H3,(H,17,20). The number of carbonyl (C=O) groups excluding carboxylic acids is 2. The molecule has 1 unspecified atom stereocenters. The van der Waals surface area contributed by atoms with E-state index >= 15 is 0 Å². The third kappa shape index (κ3) is 5.94. The van der Waals surface area contributed by atoms with E-state index in [1.165, 1.54) is 0 Å². The van der Waals surface area contributed by atoms with E-state index in [2.05, 4.69) is 12.2 Å². The van der Waals surface area contributed by atoms with Gasteiger partial charge in [0, 0.05) is 13.1 Å². The van der Waals surface area contributed by atoms with Crippen molar-refractivity contribution in [2.24, 2.45) is 11.8 Å². The topological polar surface area (TPSA) is 58.6 Å². The average molecular weight is 298 g/mol. The highest BCUT2D eigenvalue weighted by Gasteiger charge is 2.31. The second kappa shape index (κ2) is 7.14. The smallest absolute Gasteiger partial charge is 0.408 e. The van der Waals surface area contributed by atoms with Crippen molar-refractivity contribution in [3.05, 3.63) is 0 Å². The monoisotopic (exact) mass is 298 g/mol. The molecule has 1 atom stereocenters. The molecule has 0 saturated carbocycles. The number of nitrogens with one attached hydrogen (secondary N) is 1. The first kappa shape index (κ1) is 17.8. The van der Waals surface area contributed by atoms with Gasteiger partial charge in [-0.25, -0.2) is 4.79 Å². The molecule has 21 heavy (non-hydrogen) atoms. The van der Waals surface area contributed by atoms with Crippen molar-refractivity contribution in [3.63, 3.8) is 0 Å². The third-order valence-electron chi connectivity index (χ3n) is 3.70. The molecule has 0 aromatic heterocycles. The van der Waals surface area contributed by atoms with E-state index in [1.54, 1.807) is 0 Å². The molecule has 1 heterocycles.